The van der Waals surface area contributed by atoms with Crippen LogP contribution in [0.3, 0.4) is 0 Å². The average molecular weight is 288 g/mol. The zero-order valence-corrected chi connectivity index (χ0v) is 11.3. The van der Waals surface area contributed by atoms with Gasteiger partial charge in [-0.3, -0.25) is 9.51 Å². The van der Waals surface area contributed by atoms with E-state index in [0.29, 0.717) is 17.1 Å². The maximum absolute atomic E-state index is 11.0. The van der Waals surface area contributed by atoms with Gasteiger partial charge >= 0.3 is 11.8 Å². The van der Waals surface area contributed by atoms with Gasteiger partial charge in [-0.2, -0.15) is 4.68 Å². The van der Waals surface area contributed by atoms with Crippen LogP contribution in [0.15, 0.2) is 33.6 Å². The Morgan fingerprint density at radius 3 is 2.95 bits per heavy atom. The molecule has 0 saturated heterocycles. The minimum atomic E-state index is -0.610. The van der Waals surface area contributed by atoms with E-state index in [1.165, 1.54) is 4.68 Å². The topological polar surface area (TPSA) is 112 Å². The fourth-order valence-corrected chi connectivity index (χ4v) is 1.76. The molecule has 2 aromatic heterocycles. The Morgan fingerprint density at radius 2 is 2.24 bits per heavy atom. The van der Waals surface area contributed by atoms with E-state index < -0.39 is 5.76 Å². The number of hydrogen-bond acceptors (Lipinski definition) is 7. The summed E-state index contributed by atoms with van der Waals surface area (Å²) in [5.41, 5.74) is 1.35. The second-order valence-corrected chi connectivity index (χ2v) is 4.53. The van der Waals surface area contributed by atoms with Crippen LogP contribution in [0, 0.1) is 0 Å². The monoisotopic (exact) mass is 288 g/mol. The molecule has 0 amide bonds. The van der Waals surface area contributed by atoms with Crippen molar-refractivity contribution in [3.8, 4) is 23.1 Å². The summed E-state index contributed by atoms with van der Waals surface area (Å²) in [5.74, 6) is -0.275. The SMILES string of the molecule is CC(C)Oc1nnnn1-c1cccc(-c2noc(=O)[nH]2)c1. The number of aromatic amines is 1. The molecule has 0 aliphatic heterocycles. The Balaban J connectivity index is 2.00. The van der Waals surface area contributed by atoms with E-state index in [9.17, 15) is 4.79 Å². The summed E-state index contributed by atoms with van der Waals surface area (Å²) in [6.45, 7) is 3.77. The summed E-state index contributed by atoms with van der Waals surface area (Å²) < 4.78 is 11.5. The van der Waals surface area contributed by atoms with Crippen LogP contribution in [0.1, 0.15) is 13.8 Å². The molecule has 0 aliphatic carbocycles. The molecule has 3 aromatic rings. The fourth-order valence-electron chi connectivity index (χ4n) is 1.76. The van der Waals surface area contributed by atoms with Crippen molar-refractivity contribution in [3.05, 3.63) is 34.8 Å². The molecule has 0 saturated carbocycles. The van der Waals surface area contributed by atoms with E-state index in [2.05, 4.69) is 30.2 Å². The Labute approximate surface area is 118 Å². The van der Waals surface area contributed by atoms with Crippen LogP contribution >= 0.6 is 0 Å². The first-order valence-corrected chi connectivity index (χ1v) is 6.25. The molecule has 9 nitrogen and oxygen atoms in total. The van der Waals surface area contributed by atoms with Crippen LogP contribution in [-0.4, -0.2) is 36.5 Å². The smallest absolute Gasteiger partial charge is 0.439 e. The highest BCUT2D eigenvalue weighted by Gasteiger charge is 2.12. The summed E-state index contributed by atoms with van der Waals surface area (Å²) in [6.07, 6.45) is -0.0511. The Bertz CT molecular complexity index is 803. The van der Waals surface area contributed by atoms with Crippen LogP contribution in [0.25, 0.3) is 17.1 Å². The summed E-state index contributed by atoms with van der Waals surface area (Å²) in [5, 5.41) is 15.0. The van der Waals surface area contributed by atoms with Gasteiger partial charge in [0.15, 0.2) is 5.82 Å². The molecule has 3 rings (SSSR count). The van der Waals surface area contributed by atoms with E-state index in [1.807, 2.05) is 19.9 Å². The maximum Gasteiger partial charge on any atom is 0.439 e. The van der Waals surface area contributed by atoms with Crippen molar-refractivity contribution in [2.24, 2.45) is 0 Å². The van der Waals surface area contributed by atoms with Gasteiger partial charge in [-0.05, 0) is 36.4 Å². The van der Waals surface area contributed by atoms with Gasteiger partial charge in [0.05, 0.1) is 11.8 Å². The van der Waals surface area contributed by atoms with Crippen molar-refractivity contribution in [1.82, 2.24) is 30.3 Å². The zero-order chi connectivity index (χ0) is 14.8. The first-order valence-electron chi connectivity index (χ1n) is 6.25. The normalized spacial score (nSPS) is 11.0. The van der Waals surface area contributed by atoms with Gasteiger partial charge in [0.1, 0.15) is 0 Å². The lowest BCUT2D eigenvalue weighted by molar-refractivity contribution is 0.216. The van der Waals surface area contributed by atoms with Crippen molar-refractivity contribution < 1.29 is 9.26 Å². The molecule has 0 atom stereocenters. The number of benzene rings is 1. The number of H-pyrrole nitrogens is 1. The fraction of sp³-hybridized carbons (Fsp3) is 0.250. The predicted octanol–water partition coefficient (Wildman–Crippen LogP) is 0.793. The highest BCUT2D eigenvalue weighted by atomic mass is 16.5. The third-order valence-electron chi connectivity index (χ3n) is 2.59. The minimum absolute atomic E-state index is 0.0511. The first-order chi connectivity index (χ1) is 10.1. The van der Waals surface area contributed by atoms with Crippen molar-refractivity contribution in [1.29, 1.82) is 0 Å². The van der Waals surface area contributed by atoms with E-state index in [0.717, 1.165) is 0 Å². The highest BCUT2D eigenvalue weighted by molar-refractivity contribution is 5.58. The van der Waals surface area contributed by atoms with Gasteiger partial charge in [0.25, 0.3) is 0 Å². The number of ether oxygens (including phenoxy) is 1. The van der Waals surface area contributed by atoms with Gasteiger partial charge < -0.3 is 4.74 Å². The number of tetrazole rings is 1. The summed E-state index contributed by atoms with van der Waals surface area (Å²) in [6, 6.07) is 7.43. The molecular weight excluding hydrogens is 276 g/mol. The van der Waals surface area contributed by atoms with Crippen LogP contribution in [-0.2, 0) is 0 Å². The number of aromatic nitrogens is 6. The van der Waals surface area contributed by atoms with Crippen LogP contribution in [0.2, 0.25) is 0 Å². The number of rotatable bonds is 4. The standard InChI is InChI=1S/C12H12N6O3/c1-7(2)20-11-14-16-17-18(11)9-5-3-4-8(6-9)10-13-12(19)21-15-10/h3-7H,1-2H3,(H,13,15,19). The van der Waals surface area contributed by atoms with Crippen LogP contribution in [0.5, 0.6) is 6.01 Å². The molecule has 21 heavy (non-hydrogen) atoms. The van der Waals surface area contributed by atoms with Gasteiger partial charge in [0, 0.05) is 5.56 Å². The van der Waals surface area contributed by atoms with Gasteiger partial charge in [-0.25, -0.2) is 4.79 Å². The maximum atomic E-state index is 11.0. The van der Waals surface area contributed by atoms with E-state index in [4.69, 9.17) is 4.74 Å². The zero-order valence-electron chi connectivity index (χ0n) is 11.3. The molecule has 0 unspecified atom stereocenters. The molecule has 1 N–H and O–H groups in total. The molecule has 2 heterocycles. The number of nitrogens with one attached hydrogen (secondary N) is 1. The largest absolute Gasteiger partial charge is 0.460 e. The second kappa shape index (κ2) is 5.19. The molecular formula is C12H12N6O3. The highest BCUT2D eigenvalue weighted by Crippen LogP contribution is 2.20. The van der Waals surface area contributed by atoms with E-state index in [1.54, 1.807) is 18.2 Å². The lowest BCUT2D eigenvalue weighted by atomic mass is 10.2. The van der Waals surface area contributed by atoms with Gasteiger partial charge in [-0.15, -0.1) is 0 Å². The van der Waals surface area contributed by atoms with Gasteiger partial charge in [-0.1, -0.05) is 22.4 Å². The van der Waals surface area contributed by atoms with Gasteiger partial charge in [0.2, 0.25) is 0 Å². The quantitative estimate of drug-likeness (QED) is 0.755. The van der Waals surface area contributed by atoms with Crippen molar-refractivity contribution in [3.63, 3.8) is 0 Å². The Morgan fingerprint density at radius 1 is 1.38 bits per heavy atom. The third-order valence-corrected chi connectivity index (χ3v) is 2.59. The molecule has 108 valence electrons. The lowest BCUT2D eigenvalue weighted by Crippen LogP contribution is -2.10. The lowest BCUT2D eigenvalue weighted by Gasteiger charge is -2.09. The third kappa shape index (κ3) is 2.66. The summed E-state index contributed by atoms with van der Waals surface area (Å²) in [4.78, 5) is 13.5. The Kier molecular flexibility index (Phi) is 3.22. The molecule has 9 heteroatoms. The molecule has 1 aromatic carbocycles. The van der Waals surface area contributed by atoms with Crippen molar-refractivity contribution in [2.75, 3.05) is 0 Å². The second-order valence-electron chi connectivity index (χ2n) is 4.53. The summed E-state index contributed by atoms with van der Waals surface area (Å²) in [7, 11) is 0. The molecule has 0 radical (unpaired) electrons. The van der Waals surface area contributed by atoms with E-state index >= 15 is 0 Å². The number of nitrogens with zero attached hydrogens (tertiary/aromatic N) is 5. The summed E-state index contributed by atoms with van der Waals surface area (Å²) >= 11 is 0. The minimum Gasteiger partial charge on any atom is -0.460 e. The average Bonchev–Trinajstić information content (AvgIpc) is 3.07. The predicted molar refractivity (Wildman–Crippen MR) is 71.0 cm³/mol. The van der Waals surface area contributed by atoms with Crippen molar-refractivity contribution >= 4 is 0 Å². The van der Waals surface area contributed by atoms with Crippen molar-refractivity contribution in [2.45, 2.75) is 20.0 Å². The number of hydrogen-bond donors (Lipinski definition) is 1. The Hall–Kier alpha value is -2.97. The van der Waals surface area contributed by atoms with E-state index in [-0.39, 0.29) is 12.1 Å². The molecule has 0 spiro atoms. The first kappa shape index (κ1) is 13.0. The van der Waals surface area contributed by atoms with Crippen LogP contribution < -0.4 is 10.5 Å². The molecule has 0 aliphatic rings. The molecule has 0 bridgehead atoms. The molecule has 0 fully saturated rings. The van der Waals surface area contributed by atoms with Crippen LogP contribution in [0.4, 0.5) is 0 Å².